The van der Waals surface area contributed by atoms with Crippen LogP contribution >= 0.6 is 0 Å². The van der Waals surface area contributed by atoms with Gasteiger partial charge in [0, 0.05) is 18.7 Å². The van der Waals surface area contributed by atoms with Gasteiger partial charge >= 0.3 is 6.36 Å². The van der Waals surface area contributed by atoms with Crippen LogP contribution in [-0.4, -0.2) is 44.4 Å². The normalized spacial score (nSPS) is 17.2. The predicted octanol–water partition coefficient (Wildman–Crippen LogP) is 2.10. The summed E-state index contributed by atoms with van der Waals surface area (Å²) >= 11 is 0. The molecule has 1 amide bonds. The van der Waals surface area contributed by atoms with E-state index in [1.54, 1.807) is 22.7 Å². The van der Waals surface area contributed by atoms with Crippen molar-refractivity contribution in [1.82, 2.24) is 19.5 Å². The van der Waals surface area contributed by atoms with Crippen molar-refractivity contribution in [2.75, 3.05) is 12.3 Å². The Hall–Kier alpha value is -3.67. The van der Waals surface area contributed by atoms with E-state index < -0.39 is 29.9 Å². The lowest BCUT2D eigenvalue weighted by molar-refractivity contribution is -0.274. The number of aromatic nitrogens is 3. The zero-order chi connectivity index (χ0) is 22.3. The molecule has 0 unspecified atom stereocenters. The lowest BCUT2D eigenvalue weighted by atomic mass is 10.1. The van der Waals surface area contributed by atoms with Gasteiger partial charge in [-0.1, -0.05) is 6.08 Å². The fraction of sp³-hybridized carbons (Fsp3) is 0.211. The van der Waals surface area contributed by atoms with E-state index in [9.17, 15) is 22.4 Å². The van der Waals surface area contributed by atoms with E-state index in [0.29, 0.717) is 16.8 Å². The van der Waals surface area contributed by atoms with Crippen LogP contribution in [0.5, 0.6) is 5.75 Å². The fourth-order valence-electron chi connectivity index (χ4n) is 3.53. The first kappa shape index (κ1) is 20.6. The van der Waals surface area contributed by atoms with Gasteiger partial charge in [-0.3, -0.25) is 9.69 Å². The molecule has 0 saturated heterocycles. The minimum Gasteiger partial charge on any atom is -0.406 e. The number of hydrogen-bond acceptors (Lipinski definition) is 6. The molecule has 0 fully saturated rings. The second-order valence-electron chi connectivity index (χ2n) is 6.91. The topological polar surface area (TPSA) is 112 Å². The molecule has 3 aromatic rings. The lowest BCUT2D eigenvalue weighted by Crippen LogP contribution is -2.40. The summed E-state index contributed by atoms with van der Waals surface area (Å²) in [6.07, 6.45) is -2.02. The van der Waals surface area contributed by atoms with Crippen molar-refractivity contribution in [3.05, 3.63) is 59.8 Å². The molecule has 0 aliphatic carbocycles. The molecule has 162 valence electrons. The zero-order valence-electron chi connectivity index (χ0n) is 15.8. The second-order valence-corrected chi connectivity index (χ2v) is 6.91. The molecule has 1 atom stereocenters. The summed E-state index contributed by atoms with van der Waals surface area (Å²) < 4.78 is 57.2. The van der Waals surface area contributed by atoms with Gasteiger partial charge < -0.3 is 16.2 Å². The Morgan fingerprint density at radius 1 is 1.26 bits per heavy atom. The van der Waals surface area contributed by atoms with Crippen molar-refractivity contribution >= 4 is 22.8 Å². The number of fused-ring (bicyclic) bond motifs is 1. The number of alkyl halides is 3. The summed E-state index contributed by atoms with van der Waals surface area (Å²) in [4.78, 5) is 17.4. The summed E-state index contributed by atoms with van der Waals surface area (Å²) in [7, 11) is 0. The number of hydrogen-bond donors (Lipinski definition) is 2. The monoisotopic (exact) mass is 436 g/mol. The molecule has 3 heterocycles. The highest BCUT2D eigenvalue weighted by Gasteiger charge is 2.33. The molecule has 1 aliphatic rings. The molecular formula is C19H16F4N6O2. The van der Waals surface area contributed by atoms with Crippen molar-refractivity contribution in [3.63, 3.8) is 0 Å². The first-order valence-corrected chi connectivity index (χ1v) is 8.99. The van der Waals surface area contributed by atoms with Crippen molar-refractivity contribution in [2.24, 2.45) is 5.73 Å². The molecule has 1 aromatic carbocycles. The van der Waals surface area contributed by atoms with E-state index in [2.05, 4.69) is 14.8 Å². The molecule has 1 aliphatic heterocycles. The number of rotatable bonds is 5. The van der Waals surface area contributed by atoms with Gasteiger partial charge in [-0.05, 0) is 35.9 Å². The van der Waals surface area contributed by atoms with E-state index in [0.717, 1.165) is 18.2 Å². The number of amides is 1. The molecule has 0 spiro atoms. The summed E-state index contributed by atoms with van der Waals surface area (Å²) in [6.45, 7) is 0.00233. The first-order chi connectivity index (χ1) is 14.6. The number of anilines is 1. The highest BCUT2D eigenvalue weighted by Crippen LogP contribution is 2.30. The number of nitrogens with two attached hydrogens (primary N) is 2. The van der Waals surface area contributed by atoms with Crippen LogP contribution in [0.4, 0.5) is 23.4 Å². The quantitative estimate of drug-likeness (QED) is 0.593. The average Bonchev–Trinajstić information content (AvgIpc) is 3.28. The molecule has 0 saturated carbocycles. The fourth-order valence-corrected chi connectivity index (χ4v) is 3.53. The SMILES string of the molecule is NC(=O)[C@@H]1C=C(c2ccc3c(N)ncnn23)CN1Cc1cc(OC(F)(F)F)ccc1F. The lowest BCUT2D eigenvalue weighted by Gasteiger charge is -2.22. The third-order valence-corrected chi connectivity index (χ3v) is 4.85. The zero-order valence-corrected chi connectivity index (χ0v) is 15.8. The maximum absolute atomic E-state index is 14.3. The van der Waals surface area contributed by atoms with E-state index in [1.165, 1.54) is 11.2 Å². The molecule has 2 aromatic heterocycles. The van der Waals surface area contributed by atoms with Crippen LogP contribution < -0.4 is 16.2 Å². The van der Waals surface area contributed by atoms with Crippen molar-refractivity contribution < 1.29 is 27.1 Å². The number of benzene rings is 1. The third-order valence-electron chi connectivity index (χ3n) is 4.85. The highest BCUT2D eigenvalue weighted by atomic mass is 19.4. The number of carbonyl (C=O) groups is 1. The molecule has 4 rings (SSSR count). The number of primary amides is 1. The molecule has 0 bridgehead atoms. The van der Waals surface area contributed by atoms with E-state index in [-0.39, 0.29) is 24.5 Å². The van der Waals surface area contributed by atoms with Gasteiger partial charge in [0.15, 0.2) is 5.82 Å². The van der Waals surface area contributed by atoms with Crippen molar-refractivity contribution in [1.29, 1.82) is 0 Å². The summed E-state index contributed by atoms with van der Waals surface area (Å²) in [5, 5.41) is 4.15. The molecule has 8 nitrogen and oxygen atoms in total. The number of nitrogens with zero attached hydrogens (tertiary/aromatic N) is 4. The summed E-state index contributed by atoms with van der Waals surface area (Å²) in [5.74, 6) is -1.71. The van der Waals surface area contributed by atoms with Crippen LogP contribution in [0.1, 0.15) is 11.3 Å². The number of nitrogen functional groups attached to an aromatic ring is 1. The Morgan fingerprint density at radius 3 is 2.74 bits per heavy atom. The van der Waals surface area contributed by atoms with Crippen LogP contribution in [0.25, 0.3) is 11.1 Å². The number of ether oxygens (including phenoxy) is 1. The van der Waals surface area contributed by atoms with Gasteiger partial charge in [-0.15, -0.1) is 13.2 Å². The minimum atomic E-state index is -4.91. The second kappa shape index (κ2) is 7.54. The third kappa shape index (κ3) is 4.14. The van der Waals surface area contributed by atoms with Crippen LogP contribution in [0, 0.1) is 5.82 Å². The van der Waals surface area contributed by atoms with Crippen molar-refractivity contribution in [2.45, 2.75) is 18.9 Å². The van der Waals surface area contributed by atoms with Gasteiger partial charge in [0.05, 0.1) is 5.69 Å². The van der Waals surface area contributed by atoms with Gasteiger partial charge in [0.1, 0.15) is 29.5 Å². The Kier molecular flexibility index (Phi) is 5.01. The van der Waals surface area contributed by atoms with E-state index in [1.807, 2.05) is 0 Å². The smallest absolute Gasteiger partial charge is 0.406 e. The minimum absolute atomic E-state index is 0.0748. The Morgan fingerprint density at radius 2 is 2.03 bits per heavy atom. The van der Waals surface area contributed by atoms with E-state index >= 15 is 0 Å². The molecule has 31 heavy (non-hydrogen) atoms. The largest absolute Gasteiger partial charge is 0.573 e. The highest BCUT2D eigenvalue weighted by molar-refractivity contribution is 5.87. The molecular weight excluding hydrogens is 420 g/mol. The first-order valence-electron chi connectivity index (χ1n) is 8.99. The Balaban J connectivity index is 1.62. The maximum atomic E-state index is 14.3. The van der Waals surface area contributed by atoms with Crippen molar-refractivity contribution in [3.8, 4) is 5.75 Å². The maximum Gasteiger partial charge on any atom is 0.573 e. The Bertz CT molecular complexity index is 1190. The molecule has 4 N–H and O–H groups in total. The summed E-state index contributed by atoms with van der Waals surface area (Å²) in [5.41, 5.74) is 13.1. The van der Waals surface area contributed by atoms with Gasteiger partial charge in [0.25, 0.3) is 0 Å². The predicted molar refractivity (Wildman–Crippen MR) is 102 cm³/mol. The van der Waals surface area contributed by atoms with Crippen LogP contribution in [0.15, 0.2) is 42.7 Å². The van der Waals surface area contributed by atoms with Crippen LogP contribution in [-0.2, 0) is 11.3 Å². The van der Waals surface area contributed by atoms with Crippen LogP contribution in [0.2, 0.25) is 0 Å². The van der Waals surface area contributed by atoms with Gasteiger partial charge in [0.2, 0.25) is 5.91 Å². The molecule has 0 radical (unpaired) electrons. The van der Waals surface area contributed by atoms with E-state index in [4.69, 9.17) is 11.5 Å². The average molecular weight is 436 g/mol. The van der Waals surface area contributed by atoms with Gasteiger partial charge in [-0.25, -0.2) is 13.9 Å². The number of carbonyl (C=O) groups excluding carboxylic acids is 1. The summed E-state index contributed by atoms with van der Waals surface area (Å²) in [6, 6.07) is 5.26. The number of halogens is 4. The van der Waals surface area contributed by atoms with Crippen LogP contribution in [0.3, 0.4) is 0 Å². The molecule has 12 heteroatoms. The van der Waals surface area contributed by atoms with Gasteiger partial charge in [-0.2, -0.15) is 5.10 Å². The standard InChI is InChI=1S/C19H16F4N6O2/c20-13-2-1-12(31-19(21,22)23)5-10(13)7-28-8-11(6-16(28)18(25)30)14-3-4-15-17(24)26-9-27-29(14)15/h1-6,9,16H,7-8H2,(H2,25,30)(H2,24,26,27)/t16-/m0/s1. The Labute approximate surface area is 172 Å².